The zero-order chi connectivity index (χ0) is 19.3. The van der Waals surface area contributed by atoms with E-state index in [9.17, 15) is 9.18 Å². The van der Waals surface area contributed by atoms with Gasteiger partial charge in [-0.1, -0.05) is 0 Å². The lowest BCUT2D eigenvalue weighted by atomic mass is 9.77. The smallest absolute Gasteiger partial charge is 0.290 e. The number of hydrogen-bond donors (Lipinski definition) is 0. The number of aromatic nitrogens is 2. The molecule has 2 aromatic heterocycles. The summed E-state index contributed by atoms with van der Waals surface area (Å²) in [5.41, 5.74) is 2.47. The quantitative estimate of drug-likeness (QED) is 0.796. The minimum atomic E-state index is -0.416. The van der Waals surface area contributed by atoms with Crippen LogP contribution < -0.4 is 4.90 Å². The highest BCUT2D eigenvalue weighted by atomic mass is 19.1. The number of aryl methyl sites for hydroxylation is 1. The summed E-state index contributed by atoms with van der Waals surface area (Å²) in [6.45, 7) is 4.58. The molecule has 1 amide bonds. The van der Waals surface area contributed by atoms with Crippen molar-refractivity contribution in [2.75, 3.05) is 24.5 Å². The van der Waals surface area contributed by atoms with Crippen LogP contribution >= 0.6 is 0 Å². The Morgan fingerprint density at radius 1 is 1.25 bits per heavy atom. The predicted octanol–water partition coefficient (Wildman–Crippen LogP) is 3.22. The average Bonchev–Trinajstić information content (AvgIpc) is 3.38. The Morgan fingerprint density at radius 3 is 2.75 bits per heavy atom. The van der Waals surface area contributed by atoms with Gasteiger partial charge in [-0.15, -0.1) is 0 Å². The molecular weight excluding hydrogens is 359 g/mol. The Balaban J connectivity index is 1.28. The molecular formula is C21H25FN4O2. The number of anilines is 1. The molecule has 4 heterocycles. The van der Waals surface area contributed by atoms with Gasteiger partial charge in [0.05, 0.1) is 18.7 Å². The van der Waals surface area contributed by atoms with Crippen LogP contribution in [0.3, 0.4) is 0 Å². The number of halogens is 1. The molecule has 7 heteroatoms. The van der Waals surface area contributed by atoms with Crippen molar-refractivity contribution in [3.05, 3.63) is 41.4 Å². The van der Waals surface area contributed by atoms with Gasteiger partial charge in [-0.05, 0) is 56.4 Å². The second-order valence-corrected chi connectivity index (χ2v) is 8.60. The maximum Gasteiger partial charge on any atom is 0.290 e. The van der Waals surface area contributed by atoms with E-state index in [-0.39, 0.29) is 17.4 Å². The van der Waals surface area contributed by atoms with Crippen molar-refractivity contribution in [3.63, 3.8) is 0 Å². The van der Waals surface area contributed by atoms with E-state index in [0.29, 0.717) is 11.7 Å². The summed E-state index contributed by atoms with van der Waals surface area (Å²) in [5, 5.41) is 0. The normalized spacial score (nSPS) is 23.4. The third-order valence-corrected chi connectivity index (χ3v) is 6.79. The molecule has 0 aromatic carbocycles. The van der Waals surface area contributed by atoms with Crippen LogP contribution in [0, 0.1) is 11.2 Å². The van der Waals surface area contributed by atoms with Crippen LogP contribution in [0.2, 0.25) is 0 Å². The van der Waals surface area contributed by atoms with Crippen molar-refractivity contribution in [1.29, 1.82) is 0 Å². The SMILES string of the molecule is CC1CC2(CCN(c3ncc(F)cn3)CC2)CN1C(=O)c1occ2c1CCC2. The first-order valence-corrected chi connectivity index (χ1v) is 10.2. The summed E-state index contributed by atoms with van der Waals surface area (Å²) in [5.74, 6) is 0.784. The van der Waals surface area contributed by atoms with Crippen LogP contribution in [0.5, 0.6) is 0 Å². The Kier molecular flexibility index (Phi) is 4.14. The molecule has 28 heavy (non-hydrogen) atoms. The number of fused-ring (bicyclic) bond motifs is 1. The molecule has 148 valence electrons. The van der Waals surface area contributed by atoms with Crippen LogP contribution in [0.4, 0.5) is 10.3 Å². The third-order valence-electron chi connectivity index (χ3n) is 6.79. The lowest BCUT2D eigenvalue weighted by Gasteiger charge is -2.39. The summed E-state index contributed by atoms with van der Waals surface area (Å²) in [4.78, 5) is 25.5. The number of likely N-dealkylation sites (tertiary alicyclic amines) is 1. The number of hydrogen-bond acceptors (Lipinski definition) is 5. The molecule has 2 aliphatic heterocycles. The lowest BCUT2D eigenvalue weighted by molar-refractivity contribution is 0.0691. The highest BCUT2D eigenvalue weighted by Crippen LogP contribution is 2.44. The Labute approximate surface area is 163 Å². The second-order valence-electron chi connectivity index (χ2n) is 8.60. The van der Waals surface area contributed by atoms with E-state index in [4.69, 9.17) is 4.42 Å². The first kappa shape index (κ1) is 17.6. The van der Waals surface area contributed by atoms with Crippen LogP contribution in [-0.2, 0) is 12.8 Å². The summed E-state index contributed by atoms with van der Waals surface area (Å²) in [7, 11) is 0. The molecule has 1 atom stereocenters. The Bertz CT molecular complexity index is 886. The zero-order valence-electron chi connectivity index (χ0n) is 16.2. The van der Waals surface area contributed by atoms with Crippen molar-refractivity contribution in [1.82, 2.24) is 14.9 Å². The van der Waals surface area contributed by atoms with Crippen molar-refractivity contribution in [2.24, 2.45) is 5.41 Å². The minimum absolute atomic E-state index is 0.0526. The third kappa shape index (κ3) is 2.88. The van der Waals surface area contributed by atoms with Crippen LogP contribution in [-0.4, -0.2) is 46.5 Å². The molecule has 1 spiro atoms. The first-order chi connectivity index (χ1) is 13.5. The van der Waals surface area contributed by atoms with Gasteiger partial charge in [0.25, 0.3) is 5.91 Å². The van der Waals surface area contributed by atoms with E-state index in [1.165, 1.54) is 18.0 Å². The highest BCUT2D eigenvalue weighted by Gasteiger charge is 2.47. The van der Waals surface area contributed by atoms with E-state index in [1.54, 1.807) is 6.26 Å². The number of carbonyl (C=O) groups is 1. The summed E-state index contributed by atoms with van der Waals surface area (Å²) < 4.78 is 18.7. The number of nitrogens with zero attached hydrogens (tertiary/aromatic N) is 4. The number of rotatable bonds is 2. The molecule has 3 aliphatic rings. The summed E-state index contributed by atoms with van der Waals surface area (Å²) in [6, 6.07) is 0.211. The lowest BCUT2D eigenvalue weighted by Crippen LogP contribution is -2.43. The Hall–Kier alpha value is -2.44. The van der Waals surface area contributed by atoms with Crippen LogP contribution in [0.15, 0.2) is 23.1 Å². The molecule has 0 radical (unpaired) electrons. The standard InChI is InChI=1S/C21H25FN4O2/c1-14-9-21(5-7-25(8-6-21)20-23-10-16(22)11-24-20)13-26(14)19(27)18-17-4-2-3-15(17)12-28-18/h10-12,14H,2-9,13H2,1H3. The average molecular weight is 384 g/mol. The monoisotopic (exact) mass is 384 g/mol. The Morgan fingerprint density at radius 2 is 2.00 bits per heavy atom. The molecule has 2 saturated heterocycles. The van der Waals surface area contributed by atoms with E-state index in [1.807, 2.05) is 4.90 Å². The van der Waals surface area contributed by atoms with Gasteiger partial charge in [0.1, 0.15) is 0 Å². The highest BCUT2D eigenvalue weighted by molar-refractivity contribution is 5.94. The predicted molar refractivity (Wildman–Crippen MR) is 102 cm³/mol. The first-order valence-electron chi connectivity index (χ1n) is 10.2. The van der Waals surface area contributed by atoms with E-state index < -0.39 is 5.82 Å². The topological polar surface area (TPSA) is 62.5 Å². The zero-order valence-corrected chi connectivity index (χ0v) is 16.2. The minimum Gasteiger partial charge on any atom is -0.459 e. The van der Waals surface area contributed by atoms with Crippen molar-refractivity contribution < 1.29 is 13.6 Å². The van der Waals surface area contributed by atoms with E-state index >= 15 is 0 Å². The van der Waals surface area contributed by atoms with E-state index in [0.717, 1.165) is 63.7 Å². The van der Waals surface area contributed by atoms with Gasteiger partial charge in [-0.25, -0.2) is 14.4 Å². The van der Waals surface area contributed by atoms with Gasteiger partial charge in [0, 0.05) is 31.2 Å². The molecule has 2 fully saturated rings. The molecule has 0 bridgehead atoms. The fourth-order valence-electron chi connectivity index (χ4n) is 5.27. The van der Waals surface area contributed by atoms with Crippen molar-refractivity contribution >= 4 is 11.9 Å². The molecule has 0 saturated carbocycles. The van der Waals surface area contributed by atoms with Gasteiger partial charge in [-0.3, -0.25) is 4.79 Å². The molecule has 6 nitrogen and oxygen atoms in total. The van der Waals surface area contributed by atoms with Crippen molar-refractivity contribution in [3.8, 4) is 0 Å². The maximum absolute atomic E-state index is 13.2. The fourth-order valence-corrected chi connectivity index (χ4v) is 5.27. The van der Waals surface area contributed by atoms with Crippen molar-refractivity contribution in [2.45, 2.75) is 51.5 Å². The van der Waals surface area contributed by atoms with Crippen LogP contribution in [0.25, 0.3) is 0 Å². The van der Waals surface area contributed by atoms with Gasteiger partial charge >= 0.3 is 0 Å². The van der Waals surface area contributed by atoms with Gasteiger partial charge in [0.2, 0.25) is 5.95 Å². The van der Waals surface area contributed by atoms with Gasteiger partial charge in [0.15, 0.2) is 11.6 Å². The molecule has 5 rings (SSSR count). The maximum atomic E-state index is 13.2. The number of amides is 1. The summed E-state index contributed by atoms with van der Waals surface area (Å²) >= 11 is 0. The van der Waals surface area contributed by atoms with Gasteiger partial charge < -0.3 is 14.2 Å². The molecule has 2 aromatic rings. The van der Waals surface area contributed by atoms with E-state index in [2.05, 4.69) is 21.8 Å². The van der Waals surface area contributed by atoms with Gasteiger partial charge in [-0.2, -0.15) is 0 Å². The summed E-state index contributed by atoms with van der Waals surface area (Å²) in [6.07, 6.45) is 10.3. The number of furan rings is 1. The fraction of sp³-hybridized carbons (Fsp3) is 0.571. The number of carbonyl (C=O) groups excluding carboxylic acids is 1. The molecule has 1 unspecified atom stereocenters. The van der Waals surface area contributed by atoms with Crippen LogP contribution in [0.1, 0.15) is 54.3 Å². The molecule has 1 aliphatic carbocycles. The second kappa shape index (κ2) is 6.57. The largest absolute Gasteiger partial charge is 0.459 e. The number of piperidine rings is 1. The molecule has 0 N–H and O–H groups in total.